The predicted molar refractivity (Wildman–Crippen MR) is 89.4 cm³/mol. The highest BCUT2D eigenvalue weighted by Crippen LogP contribution is 2.16. The van der Waals surface area contributed by atoms with E-state index in [0.29, 0.717) is 18.8 Å². The van der Waals surface area contributed by atoms with E-state index in [1.807, 2.05) is 30.3 Å². The summed E-state index contributed by atoms with van der Waals surface area (Å²) >= 11 is 0. The first-order chi connectivity index (χ1) is 11.7. The standard InChI is InChI=1S/C17H17N5O2/c23-15(18-9-10-20-17(24)14-6-8-21-22-14)11-13-4-1-3-12-5-2-7-19-16(12)13/h1-8H,9-11H2,(H,18,23)(H,20,24)(H,21,22). The molecule has 3 aromatic rings. The van der Waals surface area contributed by atoms with Crippen LogP contribution in [0.4, 0.5) is 0 Å². The molecule has 0 bridgehead atoms. The van der Waals surface area contributed by atoms with Crippen LogP contribution in [0.3, 0.4) is 0 Å². The fourth-order valence-electron chi connectivity index (χ4n) is 2.40. The zero-order valence-corrected chi connectivity index (χ0v) is 13.0. The Labute approximate surface area is 138 Å². The van der Waals surface area contributed by atoms with Crippen LogP contribution in [-0.2, 0) is 11.2 Å². The molecule has 2 aromatic heterocycles. The highest BCUT2D eigenvalue weighted by atomic mass is 16.2. The lowest BCUT2D eigenvalue weighted by Gasteiger charge is -2.08. The summed E-state index contributed by atoms with van der Waals surface area (Å²) in [4.78, 5) is 28.1. The Bertz CT molecular complexity index is 840. The quantitative estimate of drug-likeness (QED) is 0.590. The van der Waals surface area contributed by atoms with Crippen molar-refractivity contribution >= 4 is 22.7 Å². The number of amides is 2. The van der Waals surface area contributed by atoms with E-state index in [4.69, 9.17) is 0 Å². The Morgan fingerprint density at radius 2 is 1.83 bits per heavy atom. The number of nitrogens with zero attached hydrogens (tertiary/aromatic N) is 2. The molecule has 7 nitrogen and oxygen atoms in total. The number of carbonyl (C=O) groups excluding carboxylic acids is 2. The summed E-state index contributed by atoms with van der Waals surface area (Å²) in [6.45, 7) is 0.703. The maximum absolute atomic E-state index is 12.1. The molecule has 0 aliphatic rings. The average Bonchev–Trinajstić information content (AvgIpc) is 3.14. The summed E-state index contributed by atoms with van der Waals surface area (Å²) in [5.74, 6) is -0.357. The van der Waals surface area contributed by atoms with E-state index in [1.54, 1.807) is 12.3 Å². The van der Waals surface area contributed by atoms with Gasteiger partial charge in [0, 0.05) is 30.9 Å². The zero-order chi connectivity index (χ0) is 16.8. The van der Waals surface area contributed by atoms with Gasteiger partial charge >= 0.3 is 0 Å². The number of H-pyrrole nitrogens is 1. The molecule has 0 saturated heterocycles. The smallest absolute Gasteiger partial charge is 0.269 e. The minimum atomic E-state index is -0.250. The van der Waals surface area contributed by atoms with Gasteiger partial charge in [-0.3, -0.25) is 19.7 Å². The number of rotatable bonds is 6. The molecule has 2 amide bonds. The van der Waals surface area contributed by atoms with Crippen molar-refractivity contribution in [2.75, 3.05) is 13.1 Å². The second-order valence-electron chi connectivity index (χ2n) is 5.25. The van der Waals surface area contributed by atoms with Crippen LogP contribution in [0.15, 0.2) is 48.8 Å². The molecule has 0 fully saturated rings. The molecule has 1 aromatic carbocycles. The van der Waals surface area contributed by atoms with Crippen molar-refractivity contribution in [3.63, 3.8) is 0 Å². The molecule has 0 aliphatic heterocycles. The van der Waals surface area contributed by atoms with Crippen molar-refractivity contribution in [2.24, 2.45) is 0 Å². The van der Waals surface area contributed by atoms with Crippen molar-refractivity contribution in [3.05, 3.63) is 60.0 Å². The molecule has 0 atom stereocenters. The van der Waals surface area contributed by atoms with E-state index in [1.165, 1.54) is 6.20 Å². The summed E-state index contributed by atoms with van der Waals surface area (Å²) in [7, 11) is 0. The Kier molecular flexibility index (Phi) is 4.81. The Morgan fingerprint density at radius 3 is 2.67 bits per heavy atom. The third kappa shape index (κ3) is 3.75. The lowest BCUT2D eigenvalue weighted by Crippen LogP contribution is -2.35. The highest BCUT2D eigenvalue weighted by Gasteiger charge is 2.08. The van der Waals surface area contributed by atoms with Gasteiger partial charge < -0.3 is 10.6 Å². The van der Waals surface area contributed by atoms with Crippen LogP contribution in [0.1, 0.15) is 16.1 Å². The molecule has 7 heteroatoms. The van der Waals surface area contributed by atoms with Gasteiger partial charge in [0.1, 0.15) is 5.69 Å². The van der Waals surface area contributed by atoms with Crippen molar-refractivity contribution in [1.29, 1.82) is 0 Å². The number of para-hydroxylation sites is 1. The van der Waals surface area contributed by atoms with E-state index in [-0.39, 0.29) is 18.2 Å². The van der Waals surface area contributed by atoms with Crippen molar-refractivity contribution < 1.29 is 9.59 Å². The molecule has 0 saturated carbocycles. The van der Waals surface area contributed by atoms with Gasteiger partial charge in [0.05, 0.1) is 11.9 Å². The van der Waals surface area contributed by atoms with Crippen molar-refractivity contribution in [3.8, 4) is 0 Å². The van der Waals surface area contributed by atoms with E-state index in [0.717, 1.165) is 16.5 Å². The lowest BCUT2D eigenvalue weighted by molar-refractivity contribution is -0.120. The van der Waals surface area contributed by atoms with E-state index < -0.39 is 0 Å². The second kappa shape index (κ2) is 7.36. The number of aromatic amines is 1. The molecular weight excluding hydrogens is 306 g/mol. The van der Waals surface area contributed by atoms with E-state index in [9.17, 15) is 9.59 Å². The Balaban J connectivity index is 1.48. The summed E-state index contributed by atoms with van der Waals surface area (Å²) < 4.78 is 0. The predicted octanol–water partition coefficient (Wildman–Crippen LogP) is 1.05. The first kappa shape index (κ1) is 15.7. The molecule has 0 aliphatic carbocycles. The average molecular weight is 323 g/mol. The van der Waals surface area contributed by atoms with Crippen molar-refractivity contribution in [2.45, 2.75) is 6.42 Å². The minimum Gasteiger partial charge on any atom is -0.354 e. The molecule has 3 rings (SSSR count). The van der Waals surface area contributed by atoms with Crippen LogP contribution < -0.4 is 10.6 Å². The summed E-state index contributed by atoms with van der Waals surface area (Å²) in [5, 5.41) is 12.8. The molecule has 0 radical (unpaired) electrons. The normalized spacial score (nSPS) is 10.5. The van der Waals surface area contributed by atoms with Gasteiger partial charge in [-0.2, -0.15) is 5.10 Å². The lowest BCUT2D eigenvalue weighted by atomic mass is 10.1. The first-order valence-electron chi connectivity index (χ1n) is 7.61. The van der Waals surface area contributed by atoms with E-state index >= 15 is 0 Å². The van der Waals surface area contributed by atoms with Crippen molar-refractivity contribution in [1.82, 2.24) is 25.8 Å². The number of carbonyl (C=O) groups is 2. The summed E-state index contributed by atoms with van der Waals surface area (Å²) in [6.07, 6.45) is 3.48. The number of hydrogen-bond donors (Lipinski definition) is 3. The van der Waals surface area contributed by atoms with Crippen LogP contribution in [-0.4, -0.2) is 40.1 Å². The molecule has 0 unspecified atom stereocenters. The first-order valence-corrected chi connectivity index (χ1v) is 7.61. The van der Waals surface area contributed by atoms with Crippen LogP contribution in [0.5, 0.6) is 0 Å². The van der Waals surface area contributed by atoms with Gasteiger partial charge in [-0.15, -0.1) is 0 Å². The maximum Gasteiger partial charge on any atom is 0.269 e. The van der Waals surface area contributed by atoms with Crippen LogP contribution in [0.2, 0.25) is 0 Å². The fraction of sp³-hybridized carbons (Fsp3) is 0.176. The Morgan fingerprint density at radius 1 is 1.00 bits per heavy atom. The molecule has 2 heterocycles. The molecule has 24 heavy (non-hydrogen) atoms. The summed E-state index contributed by atoms with van der Waals surface area (Å²) in [5.41, 5.74) is 2.11. The highest BCUT2D eigenvalue weighted by molar-refractivity contribution is 5.92. The second-order valence-corrected chi connectivity index (χ2v) is 5.25. The van der Waals surface area contributed by atoms with Gasteiger partial charge in [-0.25, -0.2) is 0 Å². The number of aromatic nitrogens is 3. The van der Waals surface area contributed by atoms with Crippen LogP contribution in [0.25, 0.3) is 10.9 Å². The van der Waals surface area contributed by atoms with Gasteiger partial charge in [0.15, 0.2) is 0 Å². The minimum absolute atomic E-state index is 0.107. The maximum atomic E-state index is 12.1. The molecular formula is C17H17N5O2. The van der Waals surface area contributed by atoms with E-state index in [2.05, 4.69) is 25.8 Å². The van der Waals surface area contributed by atoms with Gasteiger partial charge in [-0.1, -0.05) is 24.3 Å². The third-order valence-electron chi connectivity index (χ3n) is 3.55. The Hall–Kier alpha value is -3.22. The number of hydrogen-bond acceptors (Lipinski definition) is 4. The number of fused-ring (bicyclic) bond motifs is 1. The monoisotopic (exact) mass is 323 g/mol. The number of pyridine rings is 1. The number of nitrogens with one attached hydrogen (secondary N) is 3. The van der Waals surface area contributed by atoms with Crippen LogP contribution in [0, 0.1) is 0 Å². The number of benzene rings is 1. The molecule has 0 spiro atoms. The van der Waals surface area contributed by atoms with Gasteiger partial charge in [-0.05, 0) is 17.7 Å². The largest absolute Gasteiger partial charge is 0.354 e. The van der Waals surface area contributed by atoms with Crippen LogP contribution >= 0.6 is 0 Å². The summed E-state index contributed by atoms with van der Waals surface area (Å²) in [6, 6.07) is 11.2. The SMILES string of the molecule is O=C(Cc1cccc2cccnc12)NCCNC(=O)c1ccn[nH]1. The zero-order valence-electron chi connectivity index (χ0n) is 13.0. The fourth-order valence-corrected chi connectivity index (χ4v) is 2.40. The van der Waals surface area contributed by atoms with Gasteiger partial charge in [0.25, 0.3) is 5.91 Å². The molecule has 122 valence electrons. The van der Waals surface area contributed by atoms with Gasteiger partial charge in [0.2, 0.25) is 5.91 Å². The topological polar surface area (TPSA) is 99.8 Å². The molecule has 3 N–H and O–H groups in total. The third-order valence-corrected chi connectivity index (χ3v) is 3.55.